The van der Waals surface area contributed by atoms with Crippen LogP contribution in [0.4, 0.5) is 0 Å². The van der Waals surface area contributed by atoms with Gasteiger partial charge in [-0.25, -0.2) is 0 Å². The van der Waals surface area contributed by atoms with Gasteiger partial charge in [0.05, 0.1) is 0 Å². The van der Waals surface area contributed by atoms with Crippen LogP contribution < -0.4 is 0 Å². The summed E-state index contributed by atoms with van der Waals surface area (Å²) in [6, 6.07) is 5.51. The largest absolute Gasteiger partial charge is 0.490 e. The van der Waals surface area contributed by atoms with E-state index in [-0.39, 0.29) is 11.9 Å². The molecule has 1 aliphatic carbocycles. The molecule has 0 amide bonds. The molecule has 1 fully saturated rings. The Bertz CT molecular complexity index is 679. The topological polar surface area (TPSA) is 26.3 Å². The molecule has 4 heteroatoms. The third-order valence-corrected chi connectivity index (χ3v) is 4.89. The first-order chi connectivity index (χ1) is 11.0. The molecule has 122 valence electrons. The summed E-state index contributed by atoms with van der Waals surface area (Å²) in [5.41, 5.74) is 2.74. The molecule has 1 saturated carbocycles. The van der Waals surface area contributed by atoms with E-state index < -0.39 is 0 Å². The predicted molar refractivity (Wildman–Crippen MR) is 94.7 cm³/mol. The highest BCUT2D eigenvalue weighted by Crippen LogP contribution is 2.47. The number of carbonyl (C=O) groups excluding carboxylic acids is 1. The highest BCUT2D eigenvalue weighted by molar-refractivity contribution is 6.38. The Kier molecular flexibility index (Phi) is 4.84. The fraction of sp³-hybridized carbons (Fsp3) is 0.421. The maximum absolute atomic E-state index is 11.8. The highest BCUT2D eigenvalue weighted by Gasteiger charge is 2.36. The third kappa shape index (κ3) is 3.49. The Balaban J connectivity index is 2.16. The minimum Gasteiger partial charge on any atom is -0.490 e. The van der Waals surface area contributed by atoms with Gasteiger partial charge >= 0.3 is 0 Å². The molecule has 3 rings (SSSR count). The number of hydrogen-bond acceptors (Lipinski definition) is 2. The van der Waals surface area contributed by atoms with Crippen molar-refractivity contribution in [2.75, 3.05) is 0 Å². The fourth-order valence-corrected chi connectivity index (χ4v) is 3.60. The summed E-state index contributed by atoms with van der Waals surface area (Å²) in [5.74, 6) is 1.52. The number of hydrogen-bond donors (Lipinski definition) is 0. The number of Topliss-reactive ketones (excluding diaryl/α,β-unsaturated/α-hetero) is 1. The number of benzene rings is 1. The summed E-state index contributed by atoms with van der Waals surface area (Å²) in [7, 11) is 0. The minimum atomic E-state index is 0.00338. The third-order valence-electron chi connectivity index (χ3n) is 4.26. The van der Waals surface area contributed by atoms with Crippen molar-refractivity contribution in [3.8, 4) is 0 Å². The fourth-order valence-electron chi connectivity index (χ4n) is 3.00. The lowest BCUT2D eigenvalue weighted by Gasteiger charge is -2.29. The Morgan fingerprint density at radius 3 is 2.43 bits per heavy atom. The SMILES string of the molecule is CCC1C=C(c2c(Cl)cccc2Cl)C(CC(C)=O)=C(C2CC2)O1. The van der Waals surface area contributed by atoms with Crippen LogP contribution in [0.1, 0.15) is 45.1 Å². The van der Waals surface area contributed by atoms with Crippen LogP contribution in [0.5, 0.6) is 0 Å². The molecule has 1 aromatic carbocycles. The minimum absolute atomic E-state index is 0.00338. The van der Waals surface area contributed by atoms with Crippen molar-refractivity contribution >= 4 is 34.6 Å². The molecule has 2 aliphatic rings. The van der Waals surface area contributed by atoms with Crippen molar-refractivity contribution in [2.24, 2.45) is 5.92 Å². The van der Waals surface area contributed by atoms with Crippen molar-refractivity contribution < 1.29 is 9.53 Å². The van der Waals surface area contributed by atoms with Crippen LogP contribution in [-0.4, -0.2) is 11.9 Å². The zero-order chi connectivity index (χ0) is 16.6. The Labute approximate surface area is 147 Å². The first kappa shape index (κ1) is 16.6. The van der Waals surface area contributed by atoms with Gasteiger partial charge in [0, 0.05) is 33.5 Å². The second-order valence-electron chi connectivity index (χ2n) is 6.24. The molecule has 1 aliphatic heterocycles. The maximum Gasteiger partial charge on any atom is 0.134 e. The molecular formula is C19H20Cl2O2. The number of allylic oxidation sites excluding steroid dienone is 3. The summed E-state index contributed by atoms with van der Waals surface area (Å²) in [6.07, 6.45) is 5.54. The summed E-state index contributed by atoms with van der Waals surface area (Å²) >= 11 is 12.8. The summed E-state index contributed by atoms with van der Waals surface area (Å²) in [5, 5.41) is 1.22. The smallest absolute Gasteiger partial charge is 0.134 e. The normalized spacial score (nSPS) is 21.0. The van der Waals surface area contributed by atoms with E-state index in [4.69, 9.17) is 27.9 Å². The van der Waals surface area contributed by atoms with E-state index in [0.717, 1.165) is 41.7 Å². The molecule has 1 atom stereocenters. The van der Waals surface area contributed by atoms with Crippen LogP contribution in [0.2, 0.25) is 10.0 Å². The first-order valence-electron chi connectivity index (χ1n) is 8.07. The van der Waals surface area contributed by atoms with Gasteiger partial charge in [-0.3, -0.25) is 4.79 Å². The zero-order valence-corrected chi connectivity index (χ0v) is 14.9. The van der Waals surface area contributed by atoms with Crippen LogP contribution in [0, 0.1) is 5.92 Å². The van der Waals surface area contributed by atoms with Crippen LogP contribution in [0.25, 0.3) is 5.57 Å². The second kappa shape index (κ2) is 6.70. The molecule has 1 heterocycles. The van der Waals surface area contributed by atoms with Gasteiger partial charge in [0.2, 0.25) is 0 Å². The molecule has 1 aromatic rings. The zero-order valence-electron chi connectivity index (χ0n) is 13.4. The average Bonchev–Trinajstić information content (AvgIpc) is 3.32. The van der Waals surface area contributed by atoms with Crippen LogP contribution in [0.15, 0.2) is 35.6 Å². The van der Waals surface area contributed by atoms with Gasteiger partial charge in [-0.1, -0.05) is 36.2 Å². The first-order valence-corrected chi connectivity index (χ1v) is 8.82. The van der Waals surface area contributed by atoms with Crippen molar-refractivity contribution in [1.29, 1.82) is 0 Å². The lowest BCUT2D eigenvalue weighted by Crippen LogP contribution is -2.19. The molecule has 0 saturated heterocycles. The number of ether oxygens (including phenoxy) is 1. The van der Waals surface area contributed by atoms with Crippen molar-refractivity contribution in [3.05, 3.63) is 51.2 Å². The lowest BCUT2D eigenvalue weighted by atomic mass is 9.88. The van der Waals surface area contributed by atoms with E-state index >= 15 is 0 Å². The van der Waals surface area contributed by atoms with E-state index in [1.165, 1.54) is 0 Å². The Morgan fingerprint density at radius 2 is 1.91 bits per heavy atom. The predicted octanol–water partition coefficient (Wildman–Crippen LogP) is 5.83. The summed E-state index contributed by atoms with van der Waals surface area (Å²) in [6.45, 7) is 3.70. The van der Waals surface area contributed by atoms with E-state index in [9.17, 15) is 4.79 Å². The standard InChI is InChI=1S/C19H20Cl2O2/c1-3-13-10-14(18-16(20)5-4-6-17(18)21)15(9-11(2)22)19(23-13)12-7-8-12/h4-6,10,12-13H,3,7-9H2,1-2H3. The van der Waals surface area contributed by atoms with Gasteiger partial charge < -0.3 is 4.74 Å². The van der Waals surface area contributed by atoms with Crippen LogP contribution >= 0.6 is 23.2 Å². The van der Waals surface area contributed by atoms with Crippen LogP contribution in [0.3, 0.4) is 0 Å². The number of rotatable bonds is 5. The van der Waals surface area contributed by atoms with Crippen molar-refractivity contribution in [1.82, 2.24) is 0 Å². The number of halogens is 2. The van der Waals surface area contributed by atoms with E-state index in [2.05, 4.69) is 13.0 Å². The van der Waals surface area contributed by atoms with E-state index in [1.807, 2.05) is 18.2 Å². The van der Waals surface area contributed by atoms with Gasteiger partial charge in [-0.2, -0.15) is 0 Å². The highest BCUT2D eigenvalue weighted by atomic mass is 35.5. The molecule has 0 bridgehead atoms. The van der Waals surface area contributed by atoms with Gasteiger partial charge in [-0.05, 0) is 50.0 Å². The molecule has 23 heavy (non-hydrogen) atoms. The monoisotopic (exact) mass is 350 g/mol. The Hall–Kier alpha value is -1.25. The lowest BCUT2D eigenvalue weighted by molar-refractivity contribution is -0.116. The molecular weight excluding hydrogens is 331 g/mol. The van der Waals surface area contributed by atoms with E-state index in [1.54, 1.807) is 6.92 Å². The molecule has 1 unspecified atom stereocenters. The quantitative estimate of drug-likeness (QED) is 0.667. The maximum atomic E-state index is 11.8. The molecule has 0 spiro atoms. The van der Waals surface area contributed by atoms with Gasteiger partial charge in [0.25, 0.3) is 0 Å². The van der Waals surface area contributed by atoms with Crippen molar-refractivity contribution in [3.63, 3.8) is 0 Å². The molecule has 2 nitrogen and oxygen atoms in total. The summed E-state index contributed by atoms with van der Waals surface area (Å²) < 4.78 is 6.17. The Morgan fingerprint density at radius 1 is 1.26 bits per heavy atom. The molecule has 0 radical (unpaired) electrons. The molecule has 0 aromatic heterocycles. The second-order valence-corrected chi connectivity index (χ2v) is 7.05. The number of carbonyl (C=O) groups is 1. The van der Waals surface area contributed by atoms with Gasteiger partial charge in [0.15, 0.2) is 0 Å². The van der Waals surface area contributed by atoms with Crippen molar-refractivity contribution in [2.45, 2.75) is 45.6 Å². The van der Waals surface area contributed by atoms with Crippen LogP contribution in [-0.2, 0) is 9.53 Å². The molecule has 0 N–H and O–H groups in total. The van der Waals surface area contributed by atoms with Gasteiger partial charge in [0.1, 0.15) is 17.6 Å². The number of ketones is 1. The van der Waals surface area contributed by atoms with E-state index in [0.29, 0.717) is 22.4 Å². The summed E-state index contributed by atoms with van der Waals surface area (Å²) in [4.78, 5) is 11.8. The van der Waals surface area contributed by atoms with Gasteiger partial charge in [-0.15, -0.1) is 0 Å². The average molecular weight is 351 g/mol.